The third-order valence-electron chi connectivity index (χ3n) is 5.77. The number of amides is 2. The first-order chi connectivity index (χ1) is 11.7. The molecule has 1 aliphatic carbocycles. The normalized spacial score (nSPS) is 22.8. The van der Waals surface area contributed by atoms with E-state index in [4.69, 9.17) is 0 Å². The highest BCUT2D eigenvalue weighted by molar-refractivity contribution is 6.13. The summed E-state index contributed by atoms with van der Waals surface area (Å²) in [7, 11) is 0. The maximum Gasteiger partial charge on any atom is 0.254 e. The molecular weight excluding hydrogens is 310 g/mol. The topological polar surface area (TPSA) is 37.4 Å². The molecule has 134 valence electrons. The van der Waals surface area contributed by atoms with Crippen LogP contribution in [-0.2, 0) is 16.0 Å². The maximum atomic E-state index is 12.4. The van der Waals surface area contributed by atoms with Gasteiger partial charge in [-0.15, -0.1) is 0 Å². The zero-order valence-corrected chi connectivity index (χ0v) is 16.2. The van der Waals surface area contributed by atoms with Gasteiger partial charge in [-0.25, -0.2) is 0 Å². The Balaban J connectivity index is 2.19. The van der Waals surface area contributed by atoms with Gasteiger partial charge in [0.05, 0.1) is 6.04 Å². The summed E-state index contributed by atoms with van der Waals surface area (Å²) < 4.78 is 0. The maximum absolute atomic E-state index is 12.4. The van der Waals surface area contributed by atoms with Crippen LogP contribution in [0, 0.1) is 11.8 Å². The van der Waals surface area contributed by atoms with E-state index in [9.17, 15) is 9.59 Å². The molecule has 2 atom stereocenters. The van der Waals surface area contributed by atoms with Crippen molar-refractivity contribution in [2.75, 3.05) is 0 Å². The van der Waals surface area contributed by atoms with Crippen molar-refractivity contribution in [1.29, 1.82) is 0 Å². The summed E-state index contributed by atoms with van der Waals surface area (Å²) in [6, 6.07) is 4.44. The Kier molecular flexibility index (Phi) is 4.61. The minimum atomic E-state index is -0.172. The second-order valence-corrected chi connectivity index (χ2v) is 8.42. The third-order valence-corrected chi connectivity index (χ3v) is 5.77. The molecule has 0 aromatic heterocycles. The van der Waals surface area contributed by atoms with Crippen LogP contribution >= 0.6 is 0 Å². The molecule has 2 aliphatic rings. The Hall–Kier alpha value is -1.90. The molecule has 3 rings (SSSR count). The molecule has 1 heterocycles. The SMILES string of the molecule is CC(C)c1cc(C(C)C)c2c(c1)[C@@H](N1C(=O)C=CC1=O)[C@H](C(C)C)C2. The summed E-state index contributed by atoms with van der Waals surface area (Å²) >= 11 is 0. The number of carbonyl (C=O) groups is 2. The van der Waals surface area contributed by atoms with E-state index >= 15 is 0 Å². The first-order valence-corrected chi connectivity index (χ1v) is 9.44. The lowest BCUT2D eigenvalue weighted by molar-refractivity contribution is -0.141. The molecule has 1 aliphatic heterocycles. The van der Waals surface area contributed by atoms with Gasteiger partial charge < -0.3 is 0 Å². The summed E-state index contributed by atoms with van der Waals surface area (Å²) in [6.45, 7) is 13.2. The van der Waals surface area contributed by atoms with E-state index in [1.165, 1.54) is 39.3 Å². The number of carbonyl (C=O) groups excluding carboxylic acids is 2. The molecule has 0 N–H and O–H groups in total. The average molecular weight is 339 g/mol. The Labute approximate surface area is 151 Å². The van der Waals surface area contributed by atoms with Crippen molar-refractivity contribution in [1.82, 2.24) is 4.90 Å². The number of hydrogen-bond acceptors (Lipinski definition) is 2. The Morgan fingerprint density at radius 1 is 0.920 bits per heavy atom. The van der Waals surface area contributed by atoms with Gasteiger partial charge >= 0.3 is 0 Å². The van der Waals surface area contributed by atoms with Crippen molar-refractivity contribution < 1.29 is 9.59 Å². The lowest BCUT2D eigenvalue weighted by Crippen LogP contribution is -2.38. The van der Waals surface area contributed by atoms with Crippen LogP contribution in [0.15, 0.2) is 24.3 Å². The lowest BCUT2D eigenvalue weighted by atomic mass is 9.87. The fourth-order valence-electron chi connectivity index (χ4n) is 4.28. The van der Waals surface area contributed by atoms with Crippen molar-refractivity contribution in [3.05, 3.63) is 46.5 Å². The van der Waals surface area contributed by atoms with Crippen LogP contribution in [0.3, 0.4) is 0 Å². The Bertz CT molecular complexity index is 725. The summed E-state index contributed by atoms with van der Waals surface area (Å²) in [5, 5.41) is 0. The molecular formula is C22H29NO2. The van der Waals surface area contributed by atoms with Crippen LogP contribution < -0.4 is 0 Å². The van der Waals surface area contributed by atoms with E-state index in [-0.39, 0.29) is 23.8 Å². The van der Waals surface area contributed by atoms with Gasteiger partial charge in [-0.05, 0) is 52.3 Å². The van der Waals surface area contributed by atoms with Crippen LogP contribution in [-0.4, -0.2) is 16.7 Å². The highest BCUT2D eigenvalue weighted by atomic mass is 16.2. The van der Waals surface area contributed by atoms with Crippen LogP contribution in [0.5, 0.6) is 0 Å². The molecule has 0 spiro atoms. The monoisotopic (exact) mass is 339 g/mol. The van der Waals surface area contributed by atoms with Crippen molar-refractivity contribution >= 4 is 11.8 Å². The van der Waals surface area contributed by atoms with Crippen molar-refractivity contribution in [3.63, 3.8) is 0 Å². The smallest absolute Gasteiger partial charge is 0.254 e. The number of hydrogen-bond donors (Lipinski definition) is 0. The second-order valence-electron chi connectivity index (χ2n) is 8.42. The van der Waals surface area contributed by atoms with Crippen LogP contribution in [0.25, 0.3) is 0 Å². The van der Waals surface area contributed by atoms with Gasteiger partial charge in [0.15, 0.2) is 0 Å². The van der Waals surface area contributed by atoms with Gasteiger partial charge in [0, 0.05) is 12.2 Å². The van der Waals surface area contributed by atoms with Gasteiger partial charge in [0.1, 0.15) is 0 Å². The molecule has 2 amide bonds. The van der Waals surface area contributed by atoms with E-state index in [0.717, 1.165) is 6.42 Å². The largest absolute Gasteiger partial charge is 0.269 e. The molecule has 3 nitrogen and oxygen atoms in total. The molecule has 1 aromatic rings. The summed E-state index contributed by atoms with van der Waals surface area (Å²) in [5.41, 5.74) is 5.22. The van der Waals surface area contributed by atoms with Crippen molar-refractivity contribution in [3.8, 4) is 0 Å². The average Bonchev–Trinajstić information content (AvgIpc) is 3.06. The molecule has 0 fully saturated rings. The standard InChI is InChI=1S/C22H29NO2/c1-12(2)15-9-16(13(3)4)18-11-17(14(5)6)22(19(18)10-15)23-20(24)7-8-21(23)25/h7-10,12-14,17,22H,11H2,1-6H3/t17-,22-/m0/s1. The van der Waals surface area contributed by atoms with E-state index in [1.807, 2.05) is 0 Å². The van der Waals surface area contributed by atoms with Gasteiger partial charge in [-0.2, -0.15) is 0 Å². The molecule has 0 saturated carbocycles. The molecule has 0 bridgehead atoms. The highest BCUT2D eigenvalue weighted by Gasteiger charge is 2.44. The second kappa shape index (κ2) is 6.44. The van der Waals surface area contributed by atoms with Gasteiger partial charge in [-0.1, -0.05) is 53.7 Å². The zero-order valence-electron chi connectivity index (χ0n) is 16.2. The van der Waals surface area contributed by atoms with E-state index in [0.29, 0.717) is 17.8 Å². The van der Waals surface area contributed by atoms with Crippen molar-refractivity contribution in [2.45, 2.75) is 65.8 Å². The minimum absolute atomic E-state index is 0.138. The fourth-order valence-corrected chi connectivity index (χ4v) is 4.28. The van der Waals surface area contributed by atoms with Gasteiger partial charge in [-0.3, -0.25) is 14.5 Å². The van der Waals surface area contributed by atoms with E-state index in [2.05, 4.69) is 53.7 Å². The summed E-state index contributed by atoms with van der Waals surface area (Å²) in [4.78, 5) is 26.3. The highest BCUT2D eigenvalue weighted by Crippen LogP contribution is 2.48. The lowest BCUT2D eigenvalue weighted by Gasteiger charge is -2.31. The van der Waals surface area contributed by atoms with Crippen LogP contribution in [0.1, 0.15) is 81.7 Å². The molecule has 0 saturated heterocycles. The van der Waals surface area contributed by atoms with Crippen molar-refractivity contribution in [2.24, 2.45) is 11.8 Å². The predicted octanol–water partition coefficient (Wildman–Crippen LogP) is 4.73. The summed E-state index contributed by atoms with van der Waals surface area (Å²) in [5.74, 6) is 1.19. The molecule has 1 aromatic carbocycles. The third kappa shape index (κ3) is 2.94. The Morgan fingerprint density at radius 2 is 1.52 bits per heavy atom. The minimum Gasteiger partial charge on any atom is -0.269 e. The molecule has 25 heavy (non-hydrogen) atoms. The van der Waals surface area contributed by atoms with E-state index in [1.54, 1.807) is 0 Å². The number of imide groups is 1. The summed E-state index contributed by atoms with van der Waals surface area (Å²) in [6.07, 6.45) is 3.77. The molecule has 0 unspecified atom stereocenters. The number of benzene rings is 1. The van der Waals surface area contributed by atoms with Gasteiger partial charge in [0.2, 0.25) is 0 Å². The van der Waals surface area contributed by atoms with Crippen LogP contribution in [0.2, 0.25) is 0 Å². The number of fused-ring (bicyclic) bond motifs is 1. The molecule has 3 heteroatoms. The van der Waals surface area contributed by atoms with Crippen LogP contribution in [0.4, 0.5) is 0 Å². The first kappa shape index (κ1) is 17.9. The quantitative estimate of drug-likeness (QED) is 0.744. The fraction of sp³-hybridized carbons (Fsp3) is 0.545. The molecule has 0 radical (unpaired) electrons. The first-order valence-electron chi connectivity index (χ1n) is 9.44. The van der Waals surface area contributed by atoms with E-state index < -0.39 is 0 Å². The Morgan fingerprint density at radius 3 is 2.00 bits per heavy atom. The number of rotatable bonds is 4. The predicted molar refractivity (Wildman–Crippen MR) is 100 cm³/mol. The van der Waals surface area contributed by atoms with Gasteiger partial charge in [0.25, 0.3) is 11.8 Å². The zero-order chi connectivity index (χ0) is 18.5. The number of nitrogens with zero attached hydrogens (tertiary/aromatic N) is 1.